The van der Waals surface area contributed by atoms with E-state index in [-0.39, 0.29) is 5.91 Å². The van der Waals surface area contributed by atoms with Crippen molar-refractivity contribution >= 4 is 5.91 Å². The molecule has 1 aromatic heterocycles. The Bertz CT molecular complexity index is 478. The van der Waals surface area contributed by atoms with Crippen LogP contribution in [0.5, 0.6) is 0 Å². The summed E-state index contributed by atoms with van der Waals surface area (Å²) >= 11 is 0. The van der Waals surface area contributed by atoms with E-state index in [1.807, 2.05) is 31.2 Å². The highest BCUT2D eigenvalue weighted by Gasteiger charge is 2.07. The number of nitrogens with one attached hydrogen (secondary N) is 2. The van der Waals surface area contributed by atoms with E-state index in [9.17, 15) is 4.79 Å². The Hall–Kier alpha value is -2.17. The standard InChI is InChI=1S/C11H12N4O/c1-8-3-2-4-9(5-8)6-12-11(16)10-7-13-15-14-10/h2-5,7H,6H2,1H3,(H,12,16)(H,13,14,15). The van der Waals surface area contributed by atoms with E-state index >= 15 is 0 Å². The Morgan fingerprint density at radius 1 is 1.50 bits per heavy atom. The van der Waals surface area contributed by atoms with Gasteiger partial charge < -0.3 is 5.32 Å². The van der Waals surface area contributed by atoms with Crippen molar-refractivity contribution in [2.24, 2.45) is 0 Å². The lowest BCUT2D eigenvalue weighted by Gasteiger charge is -2.03. The van der Waals surface area contributed by atoms with E-state index in [2.05, 4.69) is 20.7 Å². The molecule has 2 rings (SSSR count). The molecule has 16 heavy (non-hydrogen) atoms. The van der Waals surface area contributed by atoms with Crippen molar-refractivity contribution in [3.05, 3.63) is 47.3 Å². The number of nitrogens with zero attached hydrogens (tertiary/aromatic N) is 2. The average molecular weight is 216 g/mol. The smallest absolute Gasteiger partial charge is 0.273 e. The molecule has 0 saturated carbocycles. The lowest BCUT2D eigenvalue weighted by Crippen LogP contribution is -2.23. The molecule has 1 heterocycles. The van der Waals surface area contributed by atoms with Gasteiger partial charge in [-0.2, -0.15) is 15.4 Å². The van der Waals surface area contributed by atoms with E-state index in [4.69, 9.17) is 0 Å². The van der Waals surface area contributed by atoms with E-state index in [0.29, 0.717) is 12.2 Å². The van der Waals surface area contributed by atoms with Gasteiger partial charge in [0.05, 0.1) is 6.20 Å². The molecular formula is C11H12N4O. The maximum absolute atomic E-state index is 11.5. The summed E-state index contributed by atoms with van der Waals surface area (Å²) in [5.74, 6) is -0.227. The molecule has 0 unspecified atom stereocenters. The first-order chi connectivity index (χ1) is 7.75. The average Bonchev–Trinajstić information content (AvgIpc) is 2.79. The Morgan fingerprint density at radius 2 is 2.38 bits per heavy atom. The predicted octanol–water partition coefficient (Wildman–Crippen LogP) is 1.04. The Morgan fingerprint density at radius 3 is 3.06 bits per heavy atom. The van der Waals surface area contributed by atoms with Crippen LogP contribution in [0, 0.1) is 6.92 Å². The SMILES string of the molecule is Cc1cccc(CNC(=O)c2cn[nH]n2)c1. The minimum Gasteiger partial charge on any atom is -0.347 e. The number of hydrogen-bond acceptors (Lipinski definition) is 3. The number of H-pyrrole nitrogens is 1. The summed E-state index contributed by atoms with van der Waals surface area (Å²) in [5, 5.41) is 12.4. The van der Waals surface area contributed by atoms with Gasteiger partial charge >= 0.3 is 0 Å². The van der Waals surface area contributed by atoms with E-state index in [0.717, 1.165) is 5.56 Å². The number of rotatable bonds is 3. The third-order valence-corrected chi connectivity index (χ3v) is 2.18. The molecule has 5 heteroatoms. The minimum absolute atomic E-state index is 0.227. The van der Waals surface area contributed by atoms with Crippen molar-refractivity contribution in [1.29, 1.82) is 0 Å². The Balaban J connectivity index is 1.95. The monoisotopic (exact) mass is 216 g/mol. The highest BCUT2D eigenvalue weighted by atomic mass is 16.1. The summed E-state index contributed by atoms with van der Waals surface area (Å²) in [6, 6.07) is 7.98. The number of carbonyl (C=O) groups is 1. The molecule has 2 aromatic rings. The van der Waals surface area contributed by atoms with Crippen molar-refractivity contribution in [1.82, 2.24) is 20.7 Å². The fourth-order valence-corrected chi connectivity index (χ4v) is 1.41. The van der Waals surface area contributed by atoms with Gasteiger partial charge in [0.25, 0.3) is 5.91 Å². The molecule has 1 amide bonds. The lowest BCUT2D eigenvalue weighted by molar-refractivity contribution is 0.0946. The Labute approximate surface area is 92.9 Å². The third kappa shape index (κ3) is 2.44. The third-order valence-electron chi connectivity index (χ3n) is 2.18. The number of carbonyl (C=O) groups excluding carboxylic acids is 1. The fourth-order valence-electron chi connectivity index (χ4n) is 1.41. The molecule has 5 nitrogen and oxygen atoms in total. The van der Waals surface area contributed by atoms with Crippen LogP contribution >= 0.6 is 0 Å². The zero-order chi connectivity index (χ0) is 11.4. The van der Waals surface area contributed by atoms with E-state index < -0.39 is 0 Å². The molecular weight excluding hydrogens is 204 g/mol. The second-order valence-corrected chi connectivity index (χ2v) is 3.53. The van der Waals surface area contributed by atoms with Gasteiger partial charge in [0.15, 0.2) is 5.69 Å². The molecule has 0 spiro atoms. The number of aromatic amines is 1. The Kier molecular flexibility index (Phi) is 2.95. The van der Waals surface area contributed by atoms with E-state index in [1.54, 1.807) is 0 Å². The quantitative estimate of drug-likeness (QED) is 0.805. The molecule has 0 radical (unpaired) electrons. The van der Waals surface area contributed by atoms with Crippen LogP contribution in [0.1, 0.15) is 21.6 Å². The van der Waals surface area contributed by atoms with Crippen LogP contribution in [0.3, 0.4) is 0 Å². The number of aromatic nitrogens is 3. The van der Waals surface area contributed by atoms with Crippen molar-refractivity contribution < 1.29 is 4.79 Å². The van der Waals surface area contributed by atoms with Gasteiger partial charge in [0.2, 0.25) is 0 Å². The van der Waals surface area contributed by atoms with Gasteiger partial charge in [-0.25, -0.2) is 0 Å². The van der Waals surface area contributed by atoms with Crippen molar-refractivity contribution in [3.8, 4) is 0 Å². The van der Waals surface area contributed by atoms with Crippen molar-refractivity contribution in [2.75, 3.05) is 0 Å². The van der Waals surface area contributed by atoms with Crippen LogP contribution in [-0.2, 0) is 6.54 Å². The first-order valence-electron chi connectivity index (χ1n) is 4.95. The number of amides is 1. The number of hydrogen-bond donors (Lipinski definition) is 2. The van der Waals surface area contributed by atoms with Gasteiger partial charge in [-0.1, -0.05) is 29.8 Å². The fraction of sp³-hybridized carbons (Fsp3) is 0.182. The van der Waals surface area contributed by atoms with Crippen LogP contribution in [-0.4, -0.2) is 21.3 Å². The zero-order valence-corrected chi connectivity index (χ0v) is 8.90. The first-order valence-corrected chi connectivity index (χ1v) is 4.95. The van der Waals surface area contributed by atoms with Gasteiger partial charge in [-0.15, -0.1) is 0 Å². The number of aryl methyl sites for hydroxylation is 1. The molecule has 1 aromatic carbocycles. The summed E-state index contributed by atoms with van der Waals surface area (Å²) in [5.41, 5.74) is 2.54. The normalized spacial score (nSPS) is 10.1. The van der Waals surface area contributed by atoms with Crippen LogP contribution in [0.2, 0.25) is 0 Å². The van der Waals surface area contributed by atoms with Crippen LogP contribution in [0.15, 0.2) is 30.5 Å². The molecule has 2 N–H and O–H groups in total. The molecule has 0 aliphatic heterocycles. The number of benzene rings is 1. The van der Waals surface area contributed by atoms with Gasteiger partial charge in [0, 0.05) is 6.54 Å². The van der Waals surface area contributed by atoms with Gasteiger partial charge in [-0.05, 0) is 12.5 Å². The second-order valence-electron chi connectivity index (χ2n) is 3.53. The lowest BCUT2D eigenvalue weighted by atomic mass is 10.1. The summed E-state index contributed by atoms with van der Waals surface area (Å²) in [7, 11) is 0. The summed E-state index contributed by atoms with van der Waals surface area (Å²) in [6.07, 6.45) is 1.39. The van der Waals surface area contributed by atoms with Crippen molar-refractivity contribution in [2.45, 2.75) is 13.5 Å². The predicted molar refractivity (Wildman–Crippen MR) is 58.7 cm³/mol. The summed E-state index contributed by atoms with van der Waals surface area (Å²) in [4.78, 5) is 11.5. The highest BCUT2D eigenvalue weighted by molar-refractivity contribution is 5.91. The van der Waals surface area contributed by atoms with Crippen LogP contribution < -0.4 is 5.32 Å². The van der Waals surface area contributed by atoms with Crippen molar-refractivity contribution in [3.63, 3.8) is 0 Å². The van der Waals surface area contributed by atoms with Gasteiger partial charge in [-0.3, -0.25) is 4.79 Å². The summed E-state index contributed by atoms with van der Waals surface area (Å²) in [6.45, 7) is 2.51. The maximum atomic E-state index is 11.5. The largest absolute Gasteiger partial charge is 0.347 e. The maximum Gasteiger partial charge on any atom is 0.273 e. The second kappa shape index (κ2) is 4.57. The molecule has 82 valence electrons. The minimum atomic E-state index is -0.227. The molecule has 0 aliphatic carbocycles. The first kappa shape index (κ1) is 10.4. The molecule has 0 saturated heterocycles. The highest BCUT2D eigenvalue weighted by Crippen LogP contribution is 2.03. The summed E-state index contributed by atoms with van der Waals surface area (Å²) < 4.78 is 0. The van der Waals surface area contributed by atoms with Gasteiger partial charge in [0.1, 0.15) is 0 Å². The van der Waals surface area contributed by atoms with E-state index in [1.165, 1.54) is 11.8 Å². The topological polar surface area (TPSA) is 70.7 Å². The molecule has 0 fully saturated rings. The molecule has 0 aliphatic rings. The van der Waals surface area contributed by atoms with Crippen LogP contribution in [0.4, 0.5) is 0 Å². The van der Waals surface area contributed by atoms with Crippen LogP contribution in [0.25, 0.3) is 0 Å². The molecule has 0 atom stereocenters. The zero-order valence-electron chi connectivity index (χ0n) is 8.90. The molecule has 0 bridgehead atoms.